The van der Waals surface area contributed by atoms with Crippen LogP contribution in [0, 0.1) is 11.7 Å². The van der Waals surface area contributed by atoms with Crippen molar-refractivity contribution >= 4 is 38.2 Å². The Morgan fingerprint density at radius 2 is 1.93 bits per heavy atom. The number of piperidine rings is 1. The highest BCUT2D eigenvalue weighted by Gasteiger charge is 2.33. The second-order valence-corrected chi connectivity index (χ2v) is 9.32. The fourth-order valence-electron chi connectivity index (χ4n) is 2.97. The first-order valence-electron chi connectivity index (χ1n) is 8.56. The van der Waals surface area contributed by atoms with Gasteiger partial charge < -0.3 is 10.1 Å². The van der Waals surface area contributed by atoms with E-state index in [9.17, 15) is 22.4 Å². The first kappa shape index (κ1) is 20.4. The lowest BCUT2D eigenvalue weighted by molar-refractivity contribution is -0.120. The Morgan fingerprint density at radius 1 is 1.21 bits per heavy atom. The van der Waals surface area contributed by atoms with Crippen molar-refractivity contribution in [2.75, 3.05) is 25.5 Å². The highest BCUT2D eigenvalue weighted by molar-refractivity contribution is 7.89. The van der Waals surface area contributed by atoms with Gasteiger partial charge >= 0.3 is 5.97 Å². The van der Waals surface area contributed by atoms with E-state index in [1.165, 1.54) is 23.5 Å². The summed E-state index contributed by atoms with van der Waals surface area (Å²) in [5.41, 5.74) is 0. The van der Waals surface area contributed by atoms with Crippen LogP contribution in [0.15, 0.2) is 41.3 Å². The smallest absolute Gasteiger partial charge is 0.348 e. The number of nitrogens with one attached hydrogen (secondary N) is 1. The van der Waals surface area contributed by atoms with Crippen molar-refractivity contribution in [2.45, 2.75) is 17.7 Å². The third-order valence-electron chi connectivity index (χ3n) is 4.45. The summed E-state index contributed by atoms with van der Waals surface area (Å²) in [6, 6.07) is 7.78. The minimum absolute atomic E-state index is 0.00376. The van der Waals surface area contributed by atoms with E-state index in [4.69, 9.17) is 0 Å². The number of carbonyl (C=O) groups is 2. The second-order valence-electron chi connectivity index (χ2n) is 6.30. The molecule has 0 bridgehead atoms. The molecule has 3 rings (SSSR count). The molecule has 2 heterocycles. The van der Waals surface area contributed by atoms with Crippen molar-refractivity contribution in [1.29, 1.82) is 0 Å². The number of methoxy groups -OCH3 is 1. The normalized spacial score (nSPS) is 17.9. The van der Waals surface area contributed by atoms with E-state index in [0.717, 1.165) is 23.5 Å². The predicted molar refractivity (Wildman–Crippen MR) is 102 cm³/mol. The minimum Gasteiger partial charge on any atom is -0.465 e. The van der Waals surface area contributed by atoms with Crippen LogP contribution in [0.2, 0.25) is 0 Å². The first-order chi connectivity index (χ1) is 13.3. The largest absolute Gasteiger partial charge is 0.465 e. The minimum atomic E-state index is -3.80. The summed E-state index contributed by atoms with van der Waals surface area (Å²) in [6.45, 7) is 0.343. The lowest BCUT2D eigenvalue weighted by Gasteiger charge is -2.31. The topological polar surface area (TPSA) is 92.8 Å². The Labute approximate surface area is 166 Å². The number of hydrogen-bond acceptors (Lipinski definition) is 6. The van der Waals surface area contributed by atoms with Gasteiger partial charge in [0.05, 0.1) is 22.9 Å². The fourth-order valence-corrected chi connectivity index (χ4v) is 5.32. The zero-order valence-electron chi connectivity index (χ0n) is 15.1. The number of halogens is 1. The highest BCUT2D eigenvalue weighted by Crippen LogP contribution is 2.27. The number of esters is 1. The summed E-state index contributed by atoms with van der Waals surface area (Å²) >= 11 is 1.09. The molecule has 0 radical (unpaired) electrons. The molecule has 7 nitrogen and oxygen atoms in total. The molecule has 1 atom stereocenters. The summed E-state index contributed by atoms with van der Waals surface area (Å²) in [7, 11) is -2.52. The van der Waals surface area contributed by atoms with Gasteiger partial charge in [0.2, 0.25) is 15.9 Å². The van der Waals surface area contributed by atoms with Crippen LogP contribution in [-0.4, -0.2) is 44.8 Å². The number of benzene rings is 1. The molecule has 0 aliphatic carbocycles. The zero-order chi connectivity index (χ0) is 20.3. The molecule has 0 saturated carbocycles. The second kappa shape index (κ2) is 8.38. The van der Waals surface area contributed by atoms with E-state index in [0.29, 0.717) is 29.3 Å². The average Bonchev–Trinajstić information content (AvgIpc) is 3.16. The first-order valence-corrected chi connectivity index (χ1v) is 10.8. The van der Waals surface area contributed by atoms with E-state index in [1.807, 2.05) is 0 Å². The maximum absolute atomic E-state index is 13.1. The van der Waals surface area contributed by atoms with Crippen LogP contribution in [0.3, 0.4) is 0 Å². The molecule has 1 aliphatic heterocycles. The van der Waals surface area contributed by atoms with Gasteiger partial charge in [-0.1, -0.05) is 0 Å². The van der Waals surface area contributed by atoms with Crippen LogP contribution < -0.4 is 5.32 Å². The van der Waals surface area contributed by atoms with Crippen LogP contribution in [0.5, 0.6) is 0 Å². The molecule has 1 amide bonds. The van der Waals surface area contributed by atoms with Crippen molar-refractivity contribution in [1.82, 2.24) is 4.31 Å². The van der Waals surface area contributed by atoms with Crippen molar-refractivity contribution in [3.8, 4) is 0 Å². The van der Waals surface area contributed by atoms with Gasteiger partial charge in [-0.05, 0) is 49.2 Å². The van der Waals surface area contributed by atoms with Crippen molar-refractivity contribution in [2.24, 2.45) is 5.92 Å². The molecule has 150 valence electrons. The van der Waals surface area contributed by atoms with Gasteiger partial charge in [-0.3, -0.25) is 4.79 Å². The molecule has 1 aliphatic rings. The lowest BCUT2D eigenvalue weighted by atomic mass is 9.99. The SMILES string of the molecule is COC(=O)c1ccc(NC(=O)C2CCCN(S(=O)(=O)c3ccc(F)cc3)C2)s1. The lowest BCUT2D eigenvalue weighted by Crippen LogP contribution is -2.43. The van der Waals surface area contributed by atoms with Crippen molar-refractivity contribution in [3.63, 3.8) is 0 Å². The van der Waals surface area contributed by atoms with Crippen LogP contribution in [0.1, 0.15) is 22.5 Å². The Hall–Kier alpha value is -2.30. The molecule has 28 heavy (non-hydrogen) atoms. The van der Waals surface area contributed by atoms with Gasteiger partial charge in [-0.15, -0.1) is 11.3 Å². The number of amides is 1. The molecule has 1 fully saturated rings. The number of thiophene rings is 1. The standard InChI is InChI=1S/C18H19FN2O5S2/c1-26-18(23)15-8-9-16(27-15)20-17(22)12-3-2-10-21(11-12)28(24,25)14-6-4-13(19)5-7-14/h4-9,12H,2-3,10-11H2,1H3,(H,20,22). The molecule has 1 aromatic carbocycles. The molecule has 0 spiro atoms. The van der Waals surface area contributed by atoms with Crippen LogP contribution in [-0.2, 0) is 19.6 Å². The van der Waals surface area contributed by atoms with E-state index in [-0.39, 0.29) is 17.3 Å². The molecule has 2 aromatic rings. The van der Waals surface area contributed by atoms with E-state index in [1.54, 1.807) is 12.1 Å². The summed E-state index contributed by atoms with van der Waals surface area (Å²) in [6.07, 6.45) is 1.09. The van der Waals surface area contributed by atoms with Crippen molar-refractivity contribution in [3.05, 3.63) is 47.1 Å². The van der Waals surface area contributed by atoms with Gasteiger partial charge in [-0.25, -0.2) is 17.6 Å². The molecule has 10 heteroatoms. The van der Waals surface area contributed by atoms with Gasteiger partial charge in [0.25, 0.3) is 0 Å². The summed E-state index contributed by atoms with van der Waals surface area (Å²) < 4.78 is 44.5. The molecular weight excluding hydrogens is 407 g/mol. The number of rotatable bonds is 5. The quantitative estimate of drug-likeness (QED) is 0.742. The average molecular weight is 426 g/mol. The Morgan fingerprint density at radius 3 is 2.61 bits per heavy atom. The highest BCUT2D eigenvalue weighted by atomic mass is 32.2. The van der Waals surface area contributed by atoms with Gasteiger partial charge in [0.15, 0.2) is 0 Å². The van der Waals surface area contributed by atoms with Crippen LogP contribution in [0.4, 0.5) is 9.39 Å². The van der Waals surface area contributed by atoms with Gasteiger partial charge in [-0.2, -0.15) is 4.31 Å². The molecular formula is C18H19FN2O5S2. The number of sulfonamides is 1. The number of hydrogen-bond donors (Lipinski definition) is 1. The number of nitrogens with zero attached hydrogens (tertiary/aromatic N) is 1. The van der Waals surface area contributed by atoms with Crippen LogP contribution >= 0.6 is 11.3 Å². The monoisotopic (exact) mass is 426 g/mol. The number of carbonyl (C=O) groups excluding carboxylic acids is 2. The summed E-state index contributed by atoms with van der Waals surface area (Å²) in [4.78, 5) is 24.4. The molecule has 1 N–H and O–H groups in total. The van der Waals surface area contributed by atoms with E-state index >= 15 is 0 Å². The van der Waals surface area contributed by atoms with Gasteiger partial charge in [0, 0.05) is 13.1 Å². The Bertz CT molecular complexity index is 972. The molecule has 1 saturated heterocycles. The maximum atomic E-state index is 13.1. The third kappa shape index (κ3) is 4.40. The summed E-state index contributed by atoms with van der Waals surface area (Å²) in [5, 5.41) is 3.22. The van der Waals surface area contributed by atoms with E-state index < -0.39 is 27.7 Å². The fraction of sp³-hybridized carbons (Fsp3) is 0.333. The number of anilines is 1. The van der Waals surface area contributed by atoms with Crippen molar-refractivity contribution < 1.29 is 27.1 Å². The Balaban J connectivity index is 1.68. The summed E-state index contributed by atoms with van der Waals surface area (Å²) in [5.74, 6) is -1.83. The van der Waals surface area contributed by atoms with Crippen LogP contribution in [0.25, 0.3) is 0 Å². The maximum Gasteiger partial charge on any atom is 0.348 e. The number of ether oxygens (including phenoxy) is 1. The van der Waals surface area contributed by atoms with E-state index in [2.05, 4.69) is 10.1 Å². The zero-order valence-corrected chi connectivity index (χ0v) is 16.7. The third-order valence-corrected chi connectivity index (χ3v) is 7.31. The van der Waals surface area contributed by atoms with Gasteiger partial charge in [0.1, 0.15) is 10.7 Å². The predicted octanol–water partition coefficient (Wildman–Crippen LogP) is 2.71. The molecule has 1 aromatic heterocycles. The Kier molecular flexibility index (Phi) is 6.11. The molecule has 1 unspecified atom stereocenters.